The van der Waals surface area contributed by atoms with Crippen LogP contribution in [0.15, 0.2) is 24.3 Å². The van der Waals surface area contributed by atoms with Crippen molar-refractivity contribution in [1.29, 1.82) is 5.26 Å². The fourth-order valence-electron chi connectivity index (χ4n) is 4.13. The minimum Gasteiger partial charge on any atom is -0.383 e. The minimum atomic E-state index is -0.989. The number of hydrogen-bond acceptors (Lipinski definition) is 4. The second-order valence-electron chi connectivity index (χ2n) is 7.56. The normalized spacial score (nSPS) is 21.5. The number of rotatable bonds is 5. The maximum atomic E-state index is 12.8. The zero-order chi connectivity index (χ0) is 19.2. The van der Waals surface area contributed by atoms with E-state index < -0.39 is 12.1 Å². The third-order valence-corrected chi connectivity index (χ3v) is 5.74. The average Bonchev–Trinajstić information content (AvgIpc) is 3.22. The summed E-state index contributed by atoms with van der Waals surface area (Å²) in [7, 11) is 0. The quantitative estimate of drug-likeness (QED) is 0.831. The summed E-state index contributed by atoms with van der Waals surface area (Å²) < 4.78 is 0. The van der Waals surface area contributed by atoms with Gasteiger partial charge in [-0.2, -0.15) is 5.26 Å². The molecule has 1 aromatic carbocycles. The maximum Gasteiger partial charge on any atom is 0.252 e. The van der Waals surface area contributed by atoms with Gasteiger partial charge in [-0.15, -0.1) is 0 Å². The summed E-state index contributed by atoms with van der Waals surface area (Å²) >= 11 is 0. The number of nitrogens with zero attached hydrogens (tertiary/aromatic N) is 2. The topological polar surface area (TPSA) is 93.4 Å². The van der Waals surface area contributed by atoms with Gasteiger partial charge in [-0.25, -0.2) is 0 Å². The van der Waals surface area contributed by atoms with Crippen LogP contribution in [-0.2, 0) is 16.1 Å². The summed E-state index contributed by atoms with van der Waals surface area (Å²) in [6.07, 6.45) is 5.47. The van der Waals surface area contributed by atoms with Gasteiger partial charge in [0.05, 0.1) is 11.6 Å². The minimum absolute atomic E-state index is 0.0224. The molecule has 1 aliphatic heterocycles. The van der Waals surface area contributed by atoms with E-state index in [9.17, 15) is 14.7 Å². The molecule has 1 unspecified atom stereocenters. The molecule has 27 heavy (non-hydrogen) atoms. The summed E-state index contributed by atoms with van der Waals surface area (Å²) in [5.74, 6) is -0.451. The number of likely N-dealkylation sites (tertiary alicyclic amines) is 1. The molecule has 1 heterocycles. The van der Waals surface area contributed by atoms with Crippen molar-refractivity contribution in [3.05, 3.63) is 35.4 Å². The Kier molecular flexibility index (Phi) is 6.46. The van der Waals surface area contributed by atoms with Gasteiger partial charge in [-0.05, 0) is 49.3 Å². The van der Waals surface area contributed by atoms with Crippen LogP contribution in [0.5, 0.6) is 0 Å². The molecule has 2 atom stereocenters. The van der Waals surface area contributed by atoms with Gasteiger partial charge in [0.25, 0.3) is 5.91 Å². The SMILES string of the molecule is N#Cc1ccc(CNC(=O)[C@H]2CCCN2C(=O)C(O)C2CCCCC2)cc1. The molecule has 1 aromatic rings. The van der Waals surface area contributed by atoms with E-state index >= 15 is 0 Å². The average molecular weight is 369 g/mol. The van der Waals surface area contributed by atoms with E-state index in [0.717, 1.165) is 37.7 Å². The Bertz CT molecular complexity index is 704. The molecule has 6 nitrogen and oxygen atoms in total. The van der Waals surface area contributed by atoms with Gasteiger partial charge in [-0.3, -0.25) is 9.59 Å². The number of nitrogens with one attached hydrogen (secondary N) is 1. The molecular weight excluding hydrogens is 342 g/mol. The Morgan fingerprint density at radius 1 is 1.15 bits per heavy atom. The van der Waals surface area contributed by atoms with E-state index in [-0.39, 0.29) is 17.7 Å². The fourth-order valence-corrected chi connectivity index (χ4v) is 4.13. The molecule has 2 aliphatic rings. The van der Waals surface area contributed by atoms with Crippen LogP contribution >= 0.6 is 0 Å². The van der Waals surface area contributed by atoms with Crippen molar-refractivity contribution in [3.63, 3.8) is 0 Å². The third kappa shape index (κ3) is 4.67. The smallest absolute Gasteiger partial charge is 0.252 e. The molecule has 0 aromatic heterocycles. The molecule has 2 amide bonds. The first-order valence-corrected chi connectivity index (χ1v) is 9.85. The van der Waals surface area contributed by atoms with E-state index in [4.69, 9.17) is 5.26 Å². The molecule has 6 heteroatoms. The molecule has 144 valence electrons. The van der Waals surface area contributed by atoms with Gasteiger partial charge >= 0.3 is 0 Å². The number of nitriles is 1. The summed E-state index contributed by atoms with van der Waals surface area (Å²) in [6.45, 7) is 0.881. The molecule has 1 saturated carbocycles. The van der Waals surface area contributed by atoms with E-state index in [1.54, 1.807) is 17.0 Å². The number of aliphatic hydroxyl groups excluding tert-OH is 1. The molecule has 0 bridgehead atoms. The maximum absolute atomic E-state index is 12.8. The van der Waals surface area contributed by atoms with Crippen LogP contribution in [0.4, 0.5) is 0 Å². The van der Waals surface area contributed by atoms with Gasteiger partial charge in [0, 0.05) is 13.1 Å². The second-order valence-corrected chi connectivity index (χ2v) is 7.56. The van der Waals surface area contributed by atoms with Crippen LogP contribution < -0.4 is 5.32 Å². The van der Waals surface area contributed by atoms with E-state index in [1.807, 2.05) is 12.1 Å². The molecule has 2 fully saturated rings. The lowest BCUT2D eigenvalue weighted by Gasteiger charge is -2.31. The van der Waals surface area contributed by atoms with Crippen LogP contribution in [0.2, 0.25) is 0 Å². The predicted molar refractivity (Wildman–Crippen MR) is 100 cm³/mol. The molecule has 3 rings (SSSR count). The Morgan fingerprint density at radius 3 is 2.52 bits per heavy atom. The van der Waals surface area contributed by atoms with Crippen molar-refractivity contribution >= 4 is 11.8 Å². The van der Waals surface area contributed by atoms with Gasteiger partial charge in [0.2, 0.25) is 5.91 Å². The van der Waals surface area contributed by atoms with E-state index in [0.29, 0.717) is 25.1 Å². The lowest BCUT2D eigenvalue weighted by atomic mass is 9.84. The highest BCUT2D eigenvalue weighted by Crippen LogP contribution is 2.29. The molecule has 0 spiro atoms. The number of carbonyl (C=O) groups is 2. The number of amides is 2. The van der Waals surface area contributed by atoms with Gasteiger partial charge < -0.3 is 15.3 Å². The van der Waals surface area contributed by atoms with Crippen molar-refractivity contribution < 1.29 is 14.7 Å². The van der Waals surface area contributed by atoms with Crippen LogP contribution in [0.1, 0.15) is 56.1 Å². The molecule has 2 N–H and O–H groups in total. The van der Waals surface area contributed by atoms with Crippen LogP contribution in [0.3, 0.4) is 0 Å². The summed E-state index contributed by atoms with van der Waals surface area (Å²) in [6, 6.07) is 8.61. The number of hydrogen-bond donors (Lipinski definition) is 2. The van der Waals surface area contributed by atoms with Crippen molar-refractivity contribution in [2.24, 2.45) is 5.92 Å². The summed E-state index contributed by atoms with van der Waals surface area (Å²) in [4.78, 5) is 26.9. The second kappa shape index (κ2) is 9.01. The molecule has 1 aliphatic carbocycles. The highest BCUT2D eigenvalue weighted by atomic mass is 16.3. The fraction of sp³-hybridized carbons (Fsp3) is 0.571. The lowest BCUT2D eigenvalue weighted by Crippen LogP contribution is -2.50. The van der Waals surface area contributed by atoms with Crippen molar-refractivity contribution in [2.75, 3.05) is 6.54 Å². The standard InChI is InChI=1S/C21H27N3O3/c22-13-15-8-10-16(11-9-15)14-23-20(26)18-7-4-12-24(18)21(27)19(25)17-5-2-1-3-6-17/h8-11,17-19,25H,1-7,12,14H2,(H,23,26)/t18-,19?/m1/s1. The van der Waals surface area contributed by atoms with E-state index in [2.05, 4.69) is 11.4 Å². The molecule has 1 saturated heterocycles. The highest BCUT2D eigenvalue weighted by Gasteiger charge is 2.39. The van der Waals surface area contributed by atoms with Crippen molar-refractivity contribution in [1.82, 2.24) is 10.2 Å². The Morgan fingerprint density at radius 2 is 1.85 bits per heavy atom. The summed E-state index contributed by atoms with van der Waals surface area (Å²) in [5, 5.41) is 22.2. The predicted octanol–water partition coefficient (Wildman–Crippen LogP) is 2.11. The van der Waals surface area contributed by atoms with Gasteiger partial charge in [-0.1, -0.05) is 31.4 Å². The molecule has 0 radical (unpaired) electrons. The summed E-state index contributed by atoms with van der Waals surface area (Å²) in [5.41, 5.74) is 1.48. The van der Waals surface area contributed by atoms with Crippen LogP contribution in [0, 0.1) is 17.2 Å². The van der Waals surface area contributed by atoms with Gasteiger partial charge in [0.15, 0.2) is 0 Å². The van der Waals surface area contributed by atoms with Crippen molar-refractivity contribution in [3.8, 4) is 6.07 Å². The number of benzene rings is 1. The lowest BCUT2D eigenvalue weighted by molar-refractivity contribution is -0.148. The Labute approximate surface area is 160 Å². The Hall–Kier alpha value is -2.39. The van der Waals surface area contributed by atoms with E-state index in [1.165, 1.54) is 6.42 Å². The van der Waals surface area contributed by atoms with Crippen LogP contribution in [-0.4, -0.2) is 40.5 Å². The zero-order valence-electron chi connectivity index (χ0n) is 15.6. The van der Waals surface area contributed by atoms with Crippen LogP contribution in [0.25, 0.3) is 0 Å². The highest BCUT2D eigenvalue weighted by molar-refractivity contribution is 5.90. The first-order chi connectivity index (χ1) is 13.1. The number of aliphatic hydroxyl groups is 1. The first-order valence-electron chi connectivity index (χ1n) is 9.85. The largest absolute Gasteiger partial charge is 0.383 e. The zero-order valence-corrected chi connectivity index (χ0v) is 15.6. The van der Waals surface area contributed by atoms with Crippen molar-refractivity contribution in [2.45, 2.75) is 63.6 Å². The number of carbonyl (C=O) groups excluding carboxylic acids is 2. The monoisotopic (exact) mass is 369 g/mol. The van der Waals surface area contributed by atoms with Gasteiger partial charge in [0.1, 0.15) is 12.1 Å². The molecular formula is C21H27N3O3. The third-order valence-electron chi connectivity index (χ3n) is 5.74. The first kappa shape index (κ1) is 19.4. The Balaban J connectivity index is 1.56.